The van der Waals surface area contributed by atoms with Crippen LogP contribution in [0.5, 0.6) is 0 Å². The van der Waals surface area contributed by atoms with Crippen LogP contribution in [0.25, 0.3) is 0 Å². The molecule has 8 atom stereocenters. The van der Waals surface area contributed by atoms with Gasteiger partial charge < -0.3 is 14.6 Å². The van der Waals surface area contributed by atoms with E-state index >= 15 is 4.39 Å². The molecule has 0 aromatic rings. The molecule has 2 bridgehead atoms. The Bertz CT molecular complexity index is 457. The van der Waals surface area contributed by atoms with Crippen LogP contribution < -0.4 is 0 Å². The van der Waals surface area contributed by atoms with E-state index in [1.165, 1.54) is 6.92 Å². The van der Waals surface area contributed by atoms with E-state index in [1.54, 1.807) is 6.92 Å². The first-order valence-corrected chi connectivity index (χ1v) is 7.87. The third-order valence-electron chi connectivity index (χ3n) is 6.13. The molecule has 120 valence electrons. The molecule has 1 saturated carbocycles. The number of fused-ring (bicyclic) bond motifs is 2. The second-order valence-electron chi connectivity index (χ2n) is 7.50. The summed E-state index contributed by atoms with van der Waals surface area (Å²) in [6.45, 7) is 5.36. The maximum absolute atomic E-state index is 15.1. The number of aliphatic hydroxyl groups excluding tert-OH is 1. The van der Waals surface area contributed by atoms with Gasteiger partial charge in [-0.1, -0.05) is 6.92 Å². The summed E-state index contributed by atoms with van der Waals surface area (Å²) in [7, 11) is 0. The molecule has 1 aliphatic carbocycles. The zero-order chi connectivity index (χ0) is 15.0. The van der Waals surface area contributed by atoms with Gasteiger partial charge in [0, 0.05) is 12.3 Å². The van der Waals surface area contributed by atoms with Gasteiger partial charge >= 0.3 is 0 Å². The molecule has 5 rings (SSSR count). The standard InChI is InChI=1S/C15H23FO5/c1-8-4-5-10-14(3,16)11(17)18-12-15(10)9(8)6-7-13(2,19-12)20-21-15/h8-12,17H,4-7H2,1-3H3/t8-,9+,10+,11?,12-,13+,14-,15-/m1/s1. The molecule has 21 heavy (non-hydrogen) atoms. The van der Waals surface area contributed by atoms with Crippen molar-refractivity contribution in [3.05, 3.63) is 0 Å². The van der Waals surface area contributed by atoms with E-state index in [1.807, 2.05) is 0 Å². The first-order valence-electron chi connectivity index (χ1n) is 7.87. The predicted molar refractivity (Wildman–Crippen MR) is 69.4 cm³/mol. The fourth-order valence-electron chi connectivity index (χ4n) is 4.86. The Kier molecular flexibility index (Phi) is 2.85. The molecular formula is C15H23FO5. The molecule has 1 spiro atoms. The lowest BCUT2D eigenvalue weighted by atomic mass is 9.57. The lowest BCUT2D eigenvalue weighted by molar-refractivity contribution is -0.581. The molecule has 0 aromatic heterocycles. The van der Waals surface area contributed by atoms with E-state index in [4.69, 9.17) is 19.2 Å². The number of hydrogen-bond donors (Lipinski definition) is 1. The quantitative estimate of drug-likeness (QED) is 0.696. The molecule has 6 heteroatoms. The normalized spacial score (nSPS) is 63.0. The van der Waals surface area contributed by atoms with Crippen LogP contribution in [-0.4, -0.2) is 34.7 Å². The summed E-state index contributed by atoms with van der Waals surface area (Å²) < 4.78 is 26.6. The van der Waals surface area contributed by atoms with Crippen molar-refractivity contribution in [3.63, 3.8) is 0 Å². The minimum atomic E-state index is -1.88. The summed E-state index contributed by atoms with van der Waals surface area (Å²) in [6.07, 6.45) is 0.783. The van der Waals surface area contributed by atoms with Gasteiger partial charge in [-0.2, -0.15) is 0 Å². The second kappa shape index (κ2) is 4.17. The van der Waals surface area contributed by atoms with Crippen LogP contribution in [0.4, 0.5) is 4.39 Å². The Morgan fingerprint density at radius 1 is 1.14 bits per heavy atom. The highest BCUT2D eigenvalue weighted by atomic mass is 19.1. The Morgan fingerprint density at radius 2 is 1.90 bits per heavy atom. The Balaban J connectivity index is 1.85. The summed E-state index contributed by atoms with van der Waals surface area (Å²) in [5, 5.41) is 10.1. The molecule has 0 amide bonds. The van der Waals surface area contributed by atoms with Gasteiger partial charge in [0.2, 0.25) is 5.79 Å². The molecule has 0 radical (unpaired) electrons. The number of rotatable bonds is 0. The summed E-state index contributed by atoms with van der Waals surface area (Å²) in [5.74, 6) is -0.900. The van der Waals surface area contributed by atoms with Crippen molar-refractivity contribution in [2.45, 2.75) is 76.1 Å². The van der Waals surface area contributed by atoms with E-state index in [2.05, 4.69) is 6.92 Å². The third kappa shape index (κ3) is 1.68. The summed E-state index contributed by atoms with van der Waals surface area (Å²) in [5.41, 5.74) is -2.84. The minimum Gasteiger partial charge on any atom is -0.365 e. The zero-order valence-electron chi connectivity index (χ0n) is 12.7. The van der Waals surface area contributed by atoms with Crippen molar-refractivity contribution in [2.75, 3.05) is 0 Å². The molecule has 0 aromatic carbocycles. The van der Waals surface area contributed by atoms with Crippen molar-refractivity contribution >= 4 is 0 Å². The van der Waals surface area contributed by atoms with Gasteiger partial charge in [0.1, 0.15) is 0 Å². The van der Waals surface area contributed by atoms with E-state index in [-0.39, 0.29) is 5.92 Å². The monoisotopic (exact) mass is 302 g/mol. The highest BCUT2D eigenvalue weighted by Gasteiger charge is 2.73. The molecule has 4 saturated heterocycles. The number of aliphatic hydroxyl groups is 1. The second-order valence-corrected chi connectivity index (χ2v) is 7.50. The zero-order valence-corrected chi connectivity index (χ0v) is 12.7. The van der Waals surface area contributed by atoms with Gasteiger partial charge in [-0.3, -0.25) is 0 Å². The van der Waals surface area contributed by atoms with Crippen LogP contribution >= 0.6 is 0 Å². The molecule has 1 N–H and O–H groups in total. The summed E-state index contributed by atoms with van der Waals surface area (Å²) in [6, 6.07) is 0. The van der Waals surface area contributed by atoms with Gasteiger partial charge in [-0.05, 0) is 44.9 Å². The van der Waals surface area contributed by atoms with Crippen molar-refractivity contribution in [3.8, 4) is 0 Å². The molecule has 4 aliphatic heterocycles. The minimum absolute atomic E-state index is 0.105. The van der Waals surface area contributed by atoms with Gasteiger partial charge in [-0.15, -0.1) is 0 Å². The van der Waals surface area contributed by atoms with Gasteiger partial charge in [0.25, 0.3) is 0 Å². The van der Waals surface area contributed by atoms with Gasteiger partial charge in [0.05, 0.1) is 0 Å². The Labute approximate surface area is 123 Å². The molecule has 5 fully saturated rings. The molecular weight excluding hydrogens is 279 g/mol. The third-order valence-corrected chi connectivity index (χ3v) is 6.13. The molecule has 5 aliphatic rings. The van der Waals surface area contributed by atoms with Crippen molar-refractivity contribution in [2.24, 2.45) is 17.8 Å². The fraction of sp³-hybridized carbons (Fsp3) is 1.00. The number of halogens is 1. The first-order chi connectivity index (χ1) is 9.80. The lowest BCUT2D eigenvalue weighted by Gasteiger charge is -2.61. The largest absolute Gasteiger partial charge is 0.365 e. The van der Waals surface area contributed by atoms with Crippen LogP contribution in [0.1, 0.15) is 46.5 Å². The molecule has 5 nitrogen and oxygen atoms in total. The molecule has 4 heterocycles. The predicted octanol–water partition coefficient (Wildman–Crippen LogP) is 2.28. The lowest BCUT2D eigenvalue weighted by Crippen LogP contribution is -2.74. The first kappa shape index (κ1) is 14.3. The average Bonchev–Trinajstić information content (AvgIpc) is 2.63. The van der Waals surface area contributed by atoms with Crippen molar-refractivity contribution in [1.29, 1.82) is 0 Å². The average molecular weight is 302 g/mol. The van der Waals surface area contributed by atoms with Crippen molar-refractivity contribution in [1.82, 2.24) is 0 Å². The number of alkyl halides is 1. The number of hydrogen-bond acceptors (Lipinski definition) is 5. The SMILES string of the molecule is C[C@@H]1CC[C@@H]2[C@]34OO[C@@](C)(CC[C@@H]13)O[C@H]4OC(O)[C@]2(C)F. The maximum atomic E-state index is 15.1. The van der Waals surface area contributed by atoms with Crippen LogP contribution in [0, 0.1) is 17.8 Å². The van der Waals surface area contributed by atoms with Gasteiger partial charge in [0.15, 0.2) is 23.8 Å². The van der Waals surface area contributed by atoms with E-state index in [0.29, 0.717) is 18.8 Å². The van der Waals surface area contributed by atoms with Crippen LogP contribution in [0.2, 0.25) is 0 Å². The maximum Gasteiger partial charge on any atom is 0.201 e. The van der Waals surface area contributed by atoms with E-state index < -0.39 is 35.6 Å². The Morgan fingerprint density at radius 3 is 2.67 bits per heavy atom. The molecule has 1 unspecified atom stereocenters. The van der Waals surface area contributed by atoms with Crippen molar-refractivity contribution < 1.29 is 28.7 Å². The highest BCUT2D eigenvalue weighted by Crippen LogP contribution is 2.61. The van der Waals surface area contributed by atoms with Crippen LogP contribution in [-0.2, 0) is 19.2 Å². The smallest absolute Gasteiger partial charge is 0.201 e. The Hall–Kier alpha value is -0.270. The van der Waals surface area contributed by atoms with E-state index in [0.717, 1.165) is 12.8 Å². The van der Waals surface area contributed by atoms with Crippen LogP contribution in [0.15, 0.2) is 0 Å². The van der Waals surface area contributed by atoms with Crippen LogP contribution in [0.3, 0.4) is 0 Å². The van der Waals surface area contributed by atoms with Gasteiger partial charge in [-0.25, -0.2) is 14.2 Å². The highest BCUT2D eigenvalue weighted by molar-refractivity contribution is 5.13. The fourth-order valence-corrected chi connectivity index (χ4v) is 4.86. The van der Waals surface area contributed by atoms with E-state index in [9.17, 15) is 5.11 Å². The number of ether oxygens (including phenoxy) is 2. The summed E-state index contributed by atoms with van der Waals surface area (Å²) in [4.78, 5) is 11.3. The summed E-state index contributed by atoms with van der Waals surface area (Å²) >= 11 is 0. The topological polar surface area (TPSA) is 57.2 Å².